The van der Waals surface area contributed by atoms with Crippen LogP contribution in [0.1, 0.15) is 24.8 Å². The van der Waals surface area contributed by atoms with Crippen molar-refractivity contribution in [1.82, 2.24) is 4.90 Å². The third-order valence-electron chi connectivity index (χ3n) is 5.43. The zero-order valence-electron chi connectivity index (χ0n) is 14.4. The van der Waals surface area contributed by atoms with E-state index in [-0.39, 0.29) is 0 Å². The van der Waals surface area contributed by atoms with Crippen molar-refractivity contribution in [2.24, 2.45) is 17.6 Å². The van der Waals surface area contributed by atoms with Gasteiger partial charge in [0.25, 0.3) is 0 Å². The highest BCUT2D eigenvalue weighted by molar-refractivity contribution is 5.50. The van der Waals surface area contributed by atoms with E-state index in [4.69, 9.17) is 19.9 Å². The molecule has 3 rings (SSSR count). The van der Waals surface area contributed by atoms with Gasteiger partial charge in [-0.25, -0.2) is 0 Å². The Kier molecular flexibility index (Phi) is 4.97. The van der Waals surface area contributed by atoms with Crippen molar-refractivity contribution >= 4 is 0 Å². The minimum absolute atomic E-state index is 0.360. The average molecular weight is 320 g/mol. The predicted octanol–water partition coefficient (Wildman–Crippen LogP) is 2.27. The standard InChI is InChI=1S/C18H28N2O3/c1-21-13-7-17(22-2)15(18(8-13)23-3)11-20-9-12-5-4-6-16(19)14(12)10-20/h7-8,12,14,16H,4-6,9-11,19H2,1-3H3. The zero-order valence-corrected chi connectivity index (χ0v) is 14.4. The Morgan fingerprint density at radius 3 is 2.30 bits per heavy atom. The lowest BCUT2D eigenvalue weighted by atomic mass is 9.78. The first-order valence-electron chi connectivity index (χ1n) is 8.43. The van der Waals surface area contributed by atoms with Crippen LogP contribution < -0.4 is 19.9 Å². The lowest BCUT2D eigenvalue weighted by Gasteiger charge is -2.29. The van der Waals surface area contributed by atoms with Crippen LogP contribution in [0.3, 0.4) is 0 Å². The van der Waals surface area contributed by atoms with E-state index in [0.29, 0.717) is 12.0 Å². The molecule has 1 saturated carbocycles. The molecule has 1 aliphatic heterocycles. The van der Waals surface area contributed by atoms with Gasteiger partial charge in [-0.05, 0) is 24.7 Å². The first-order valence-corrected chi connectivity index (χ1v) is 8.43. The average Bonchev–Trinajstić information content (AvgIpc) is 2.99. The van der Waals surface area contributed by atoms with Gasteiger partial charge in [-0.3, -0.25) is 4.90 Å². The lowest BCUT2D eigenvalue weighted by molar-refractivity contribution is 0.259. The van der Waals surface area contributed by atoms with E-state index in [1.54, 1.807) is 21.3 Å². The van der Waals surface area contributed by atoms with Crippen LogP contribution in [0.15, 0.2) is 12.1 Å². The summed E-state index contributed by atoms with van der Waals surface area (Å²) in [6, 6.07) is 4.21. The predicted molar refractivity (Wildman–Crippen MR) is 90.2 cm³/mol. The van der Waals surface area contributed by atoms with Gasteiger partial charge in [-0.15, -0.1) is 0 Å². The summed E-state index contributed by atoms with van der Waals surface area (Å²) in [7, 11) is 5.04. The summed E-state index contributed by atoms with van der Waals surface area (Å²) in [4.78, 5) is 2.49. The molecule has 1 saturated heterocycles. The number of hydrogen-bond donors (Lipinski definition) is 1. The largest absolute Gasteiger partial charge is 0.496 e. The molecule has 5 nitrogen and oxygen atoms in total. The Hall–Kier alpha value is -1.46. The molecule has 0 radical (unpaired) electrons. The molecule has 0 bridgehead atoms. The monoisotopic (exact) mass is 320 g/mol. The Morgan fingerprint density at radius 2 is 1.74 bits per heavy atom. The van der Waals surface area contributed by atoms with Crippen molar-refractivity contribution in [3.63, 3.8) is 0 Å². The van der Waals surface area contributed by atoms with Crippen molar-refractivity contribution in [3.05, 3.63) is 17.7 Å². The molecule has 2 N–H and O–H groups in total. The number of likely N-dealkylation sites (tertiary alicyclic amines) is 1. The molecule has 3 unspecified atom stereocenters. The minimum Gasteiger partial charge on any atom is -0.496 e. The van der Waals surface area contributed by atoms with E-state index in [0.717, 1.165) is 48.4 Å². The van der Waals surface area contributed by atoms with E-state index in [9.17, 15) is 0 Å². The molecule has 128 valence electrons. The normalized spacial score (nSPS) is 27.6. The topological polar surface area (TPSA) is 57.0 Å². The Morgan fingerprint density at radius 1 is 1.04 bits per heavy atom. The van der Waals surface area contributed by atoms with Gasteiger partial charge in [0.15, 0.2) is 0 Å². The molecular formula is C18H28N2O3. The second kappa shape index (κ2) is 6.97. The fourth-order valence-electron chi connectivity index (χ4n) is 4.20. The fraction of sp³-hybridized carbons (Fsp3) is 0.667. The van der Waals surface area contributed by atoms with Crippen molar-refractivity contribution < 1.29 is 14.2 Å². The van der Waals surface area contributed by atoms with Crippen LogP contribution in [0.4, 0.5) is 0 Å². The molecule has 2 fully saturated rings. The number of nitrogens with zero attached hydrogens (tertiary/aromatic N) is 1. The zero-order chi connectivity index (χ0) is 16.4. The number of rotatable bonds is 5. The van der Waals surface area contributed by atoms with Crippen LogP contribution in [-0.4, -0.2) is 45.4 Å². The van der Waals surface area contributed by atoms with Gasteiger partial charge in [0.1, 0.15) is 17.2 Å². The molecule has 0 spiro atoms. The van der Waals surface area contributed by atoms with Gasteiger partial charge in [0, 0.05) is 37.8 Å². The fourth-order valence-corrected chi connectivity index (χ4v) is 4.20. The first-order chi connectivity index (χ1) is 11.2. The van der Waals surface area contributed by atoms with Crippen molar-refractivity contribution in [1.29, 1.82) is 0 Å². The van der Waals surface area contributed by atoms with E-state index < -0.39 is 0 Å². The van der Waals surface area contributed by atoms with Crippen LogP contribution in [0, 0.1) is 11.8 Å². The molecule has 3 atom stereocenters. The van der Waals surface area contributed by atoms with Gasteiger partial charge in [0.05, 0.1) is 26.9 Å². The summed E-state index contributed by atoms with van der Waals surface area (Å²) < 4.78 is 16.5. The summed E-state index contributed by atoms with van der Waals surface area (Å²) in [5.74, 6) is 3.77. The molecule has 0 aromatic heterocycles. The van der Waals surface area contributed by atoms with Crippen LogP contribution >= 0.6 is 0 Å². The highest BCUT2D eigenvalue weighted by Crippen LogP contribution is 2.39. The molecule has 1 heterocycles. The quantitative estimate of drug-likeness (QED) is 0.902. The van der Waals surface area contributed by atoms with Crippen LogP contribution in [0.2, 0.25) is 0 Å². The number of fused-ring (bicyclic) bond motifs is 1. The first kappa shape index (κ1) is 16.4. The van der Waals surface area contributed by atoms with E-state index >= 15 is 0 Å². The van der Waals surface area contributed by atoms with Gasteiger partial charge in [0.2, 0.25) is 0 Å². The molecule has 2 aliphatic rings. The van der Waals surface area contributed by atoms with Crippen molar-refractivity contribution in [3.8, 4) is 17.2 Å². The van der Waals surface area contributed by atoms with Crippen molar-refractivity contribution in [2.75, 3.05) is 34.4 Å². The summed E-state index contributed by atoms with van der Waals surface area (Å²) in [5, 5.41) is 0. The van der Waals surface area contributed by atoms with Crippen LogP contribution in [0.5, 0.6) is 17.2 Å². The van der Waals surface area contributed by atoms with Gasteiger partial charge >= 0.3 is 0 Å². The number of nitrogens with two attached hydrogens (primary N) is 1. The maximum absolute atomic E-state index is 6.33. The smallest absolute Gasteiger partial charge is 0.130 e. The van der Waals surface area contributed by atoms with E-state index in [1.807, 2.05) is 12.1 Å². The molecule has 23 heavy (non-hydrogen) atoms. The second-order valence-electron chi connectivity index (χ2n) is 6.72. The third kappa shape index (κ3) is 3.26. The number of hydrogen-bond acceptors (Lipinski definition) is 5. The summed E-state index contributed by atoms with van der Waals surface area (Å²) in [5.41, 5.74) is 7.42. The van der Waals surface area contributed by atoms with Gasteiger partial charge in [-0.2, -0.15) is 0 Å². The second-order valence-corrected chi connectivity index (χ2v) is 6.72. The molecular weight excluding hydrogens is 292 g/mol. The number of ether oxygens (including phenoxy) is 3. The van der Waals surface area contributed by atoms with Gasteiger partial charge in [-0.1, -0.05) is 6.42 Å². The summed E-state index contributed by atoms with van der Waals surface area (Å²) in [6.45, 7) is 3.02. The Balaban J connectivity index is 1.80. The SMILES string of the molecule is COc1cc(OC)c(CN2CC3CCCC(N)C3C2)c(OC)c1. The van der Waals surface area contributed by atoms with E-state index in [1.165, 1.54) is 19.3 Å². The maximum atomic E-state index is 6.33. The Labute approximate surface area is 138 Å². The highest BCUT2D eigenvalue weighted by Gasteiger charge is 2.38. The number of methoxy groups -OCH3 is 3. The summed E-state index contributed by atoms with van der Waals surface area (Å²) in [6.07, 6.45) is 3.75. The Bertz CT molecular complexity index is 524. The third-order valence-corrected chi connectivity index (χ3v) is 5.43. The molecule has 1 aromatic carbocycles. The van der Waals surface area contributed by atoms with Crippen molar-refractivity contribution in [2.45, 2.75) is 31.8 Å². The number of benzene rings is 1. The minimum atomic E-state index is 0.360. The highest BCUT2D eigenvalue weighted by atomic mass is 16.5. The van der Waals surface area contributed by atoms with Crippen LogP contribution in [0.25, 0.3) is 0 Å². The molecule has 0 amide bonds. The molecule has 5 heteroatoms. The maximum Gasteiger partial charge on any atom is 0.130 e. The van der Waals surface area contributed by atoms with Gasteiger partial charge < -0.3 is 19.9 Å². The van der Waals surface area contributed by atoms with E-state index in [2.05, 4.69) is 4.90 Å². The lowest BCUT2D eigenvalue weighted by Crippen LogP contribution is -2.38. The van der Waals surface area contributed by atoms with Crippen LogP contribution in [-0.2, 0) is 6.54 Å². The molecule has 1 aliphatic carbocycles. The molecule has 1 aromatic rings. The summed E-state index contributed by atoms with van der Waals surface area (Å²) >= 11 is 0.